The van der Waals surface area contributed by atoms with Crippen molar-refractivity contribution < 1.29 is 14.2 Å². The molecule has 1 heterocycles. The molecule has 1 saturated heterocycles. The molecule has 0 aromatic heterocycles. The topological polar surface area (TPSA) is 39.7 Å². The lowest BCUT2D eigenvalue weighted by molar-refractivity contribution is 0.0986. The molecule has 2 rings (SSSR count). The van der Waals surface area contributed by atoms with Crippen molar-refractivity contribution in [1.29, 1.82) is 0 Å². The quantitative estimate of drug-likeness (QED) is 0.874. The Hall–Kier alpha value is -1.26. The molecule has 4 heteroatoms. The van der Waals surface area contributed by atoms with Crippen LogP contribution in [0.15, 0.2) is 18.2 Å². The third-order valence-electron chi connectivity index (χ3n) is 2.84. The average Bonchev–Trinajstić information content (AvgIpc) is 2.68. The molecular formula is C13H19NO3. The first-order valence-electron chi connectivity index (χ1n) is 5.67. The summed E-state index contributed by atoms with van der Waals surface area (Å²) in [7, 11) is 3.26. The number of methoxy groups -OCH3 is 2. The fourth-order valence-electron chi connectivity index (χ4n) is 1.93. The van der Waals surface area contributed by atoms with Crippen LogP contribution in [-0.2, 0) is 4.74 Å². The van der Waals surface area contributed by atoms with Gasteiger partial charge in [-0.3, -0.25) is 5.32 Å². The summed E-state index contributed by atoms with van der Waals surface area (Å²) >= 11 is 0. The highest BCUT2D eigenvalue weighted by atomic mass is 16.5. The van der Waals surface area contributed by atoms with Gasteiger partial charge in [0.15, 0.2) is 11.5 Å². The van der Waals surface area contributed by atoms with E-state index in [4.69, 9.17) is 14.2 Å². The van der Waals surface area contributed by atoms with Gasteiger partial charge in [-0.25, -0.2) is 0 Å². The first-order valence-corrected chi connectivity index (χ1v) is 5.67. The lowest BCUT2D eigenvalue weighted by Crippen LogP contribution is -2.35. The molecule has 1 unspecified atom stereocenters. The van der Waals surface area contributed by atoms with Gasteiger partial charge in [0, 0.05) is 5.54 Å². The lowest BCUT2D eigenvalue weighted by atomic mass is 10.1. The Morgan fingerprint density at radius 1 is 1.24 bits per heavy atom. The summed E-state index contributed by atoms with van der Waals surface area (Å²) in [6.07, 6.45) is -0.0789. The van der Waals surface area contributed by atoms with E-state index in [1.54, 1.807) is 14.2 Å². The molecule has 1 atom stereocenters. The average molecular weight is 237 g/mol. The van der Waals surface area contributed by atoms with Crippen LogP contribution < -0.4 is 14.8 Å². The summed E-state index contributed by atoms with van der Waals surface area (Å²) in [5, 5.41) is 3.42. The molecule has 1 aliphatic rings. The maximum Gasteiger partial charge on any atom is 0.161 e. The number of hydrogen-bond acceptors (Lipinski definition) is 4. The molecule has 0 bridgehead atoms. The Morgan fingerprint density at radius 3 is 2.47 bits per heavy atom. The van der Waals surface area contributed by atoms with E-state index < -0.39 is 0 Å². The van der Waals surface area contributed by atoms with E-state index in [0.717, 1.165) is 17.1 Å². The number of nitrogens with one attached hydrogen (secondary N) is 1. The van der Waals surface area contributed by atoms with Crippen LogP contribution in [0.5, 0.6) is 11.5 Å². The second-order valence-electron chi connectivity index (χ2n) is 4.83. The Bertz CT molecular complexity index is 404. The predicted octanol–water partition coefficient (Wildman–Crippen LogP) is 2.10. The molecule has 0 amide bonds. The van der Waals surface area contributed by atoms with Crippen molar-refractivity contribution in [2.24, 2.45) is 0 Å². The van der Waals surface area contributed by atoms with Gasteiger partial charge >= 0.3 is 0 Å². The minimum Gasteiger partial charge on any atom is -0.493 e. The smallest absolute Gasteiger partial charge is 0.161 e. The standard InChI is InChI=1S/C13H19NO3/c1-13(2)8-17-12(14-13)9-5-6-10(15-3)11(7-9)16-4/h5-7,12,14H,8H2,1-4H3. The summed E-state index contributed by atoms with van der Waals surface area (Å²) < 4.78 is 16.2. The van der Waals surface area contributed by atoms with E-state index in [1.807, 2.05) is 18.2 Å². The Kier molecular flexibility index (Phi) is 3.26. The van der Waals surface area contributed by atoms with Crippen molar-refractivity contribution in [3.8, 4) is 11.5 Å². The molecule has 0 saturated carbocycles. The van der Waals surface area contributed by atoms with Gasteiger partial charge in [-0.15, -0.1) is 0 Å². The first-order chi connectivity index (χ1) is 8.05. The number of benzene rings is 1. The molecular weight excluding hydrogens is 218 g/mol. The highest BCUT2D eigenvalue weighted by molar-refractivity contribution is 5.43. The molecule has 1 fully saturated rings. The van der Waals surface area contributed by atoms with Crippen LogP contribution in [0.25, 0.3) is 0 Å². The monoisotopic (exact) mass is 237 g/mol. The SMILES string of the molecule is COc1ccc(C2NC(C)(C)CO2)cc1OC. The minimum absolute atomic E-state index is 0.0117. The normalized spacial score (nSPS) is 22.5. The Balaban J connectivity index is 2.23. The number of rotatable bonds is 3. The lowest BCUT2D eigenvalue weighted by Gasteiger charge is -2.18. The van der Waals surface area contributed by atoms with Crippen LogP contribution in [0.1, 0.15) is 25.6 Å². The van der Waals surface area contributed by atoms with Gasteiger partial charge in [0.25, 0.3) is 0 Å². The highest BCUT2D eigenvalue weighted by Crippen LogP contribution is 2.33. The van der Waals surface area contributed by atoms with Gasteiger partial charge in [0.05, 0.1) is 20.8 Å². The third-order valence-corrected chi connectivity index (χ3v) is 2.84. The summed E-state index contributed by atoms with van der Waals surface area (Å²) in [6.45, 7) is 4.94. The molecule has 0 spiro atoms. The van der Waals surface area contributed by atoms with Gasteiger partial charge in [0.2, 0.25) is 0 Å². The van der Waals surface area contributed by atoms with E-state index >= 15 is 0 Å². The van der Waals surface area contributed by atoms with E-state index in [0.29, 0.717) is 6.61 Å². The largest absolute Gasteiger partial charge is 0.493 e. The molecule has 1 aromatic rings. The van der Waals surface area contributed by atoms with Crippen LogP contribution in [0.3, 0.4) is 0 Å². The molecule has 0 radical (unpaired) electrons. The Labute approximate surface area is 102 Å². The maximum atomic E-state index is 5.72. The Morgan fingerprint density at radius 2 is 1.94 bits per heavy atom. The van der Waals surface area contributed by atoms with Gasteiger partial charge < -0.3 is 14.2 Å². The summed E-state index contributed by atoms with van der Waals surface area (Å²) in [6, 6.07) is 5.82. The third kappa shape index (κ3) is 2.53. The van der Waals surface area contributed by atoms with E-state index in [2.05, 4.69) is 19.2 Å². The van der Waals surface area contributed by atoms with Crippen molar-refractivity contribution in [2.75, 3.05) is 20.8 Å². The molecule has 0 aliphatic carbocycles. The van der Waals surface area contributed by atoms with Gasteiger partial charge in [-0.2, -0.15) is 0 Å². The molecule has 17 heavy (non-hydrogen) atoms. The fourth-order valence-corrected chi connectivity index (χ4v) is 1.93. The fraction of sp³-hybridized carbons (Fsp3) is 0.538. The van der Waals surface area contributed by atoms with E-state index in [-0.39, 0.29) is 11.8 Å². The molecule has 1 N–H and O–H groups in total. The summed E-state index contributed by atoms with van der Waals surface area (Å²) in [4.78, 5) is 0. The van der Waals surface area contributed by atoms with Crippen LogP contribution in [0.4, 0.5) is 0 Å². The number of hydrogen-bond donors (Lipinski definition) is 1. The molecule has 4 nitrogen and oxygen atoms in total. The van der Waals surface area contributed by atoms with Crippen LogP contribution in [-0.4, -0.2) is 26.4 Å². The second-order valence-corrected chi connectivity index (χ2v) is 4.83. The first kappa shape index (κ1) is 12.2. The minimum atomic E-state index is -0.0789. The zero-order valence-corrected chi connectivity index (χ0v) is 10.7. The van der Waals surface area contributed by atoms with Gasteiger partial charge in [-0.05, 0) is 31.5 Å². The van der Waals surface area contributed by atoms with Crippen molar-refractivity contribution >= 4 is 0 Å². The van der Waals surface area contributed by atoms with Crippen molar-refractivity contribution in [1.82, 2.24) is 5.32 Å². The molecule has 1 aliphatic heterocycles. The second kappa shape index (κ2) is 4.55. The van der Waals surface area contributed by atoms with E-state index in [9.17, 15) is 0 Å². The van der Waals surface area contributed by atoms with Crippen LogP contribution in [0.2, 0.25) is 0 Å². The van der Waals surface area contributed by atoms with Crippen LogP contribution >= 0.6 is 0 Å². The van der Waals surface area contributed by atoms with Crippen molar-refractivity contribution in [3.05, 3.63) is 23.8 Å². The van der Waals surface area contributed by atoms with Gasteiger partial charge in [-0.1, -0.05) is 6.07 Å². The zero-order valence-electron chi connectivity index (χ0n) is 10.7. The molecule has 1 aromatic carbocycles. The van der Waals surface area contributed by atoms with E-state index in [1.165, 1.54) is 0 Å². The zero-order chi connectivity index (χ0) is 12.5. The van der Waals surface area contributed by atoms with Crippen LogP contribution in [0, 0.1) is 0 Å². The molecule has 94 valence electrons. The van der Waals surface area contributed by atoms with Gasteiger partial charge in [0.1, 0.15) is 6.23 Å². The van der Waals surface area contributed by atoms with Crippen molar-refractivity contribution in [3.63, 3.8) is 0 Å². The maximum absolute atomic E-state index is 5.72. The number of ether oxygens (including phenoxy) is 3. The summed E-state index contributed by atoms with van der Waals surface area (Å²) in [5.74, 6) is 1.45. The predicted molar refractivity (Wildman–Crippen MR) is 65.5 cm³/mol. The highest BCUT2D eigenvalue weighted by Gasteiger charge is 2.32. The summed E-state index contributed by atoms with van der Waals surface area (Å²) in [5.41, 5.74) is 1.06. The van der Waals surface area contributed by atoms with Crippen molar-refractivity contribution in [2.45, 2.75) is 25.6 Å².